The van der Waals surface area contributed by atoms with Gasteiger partial charge in [-0.05, 0) is 42.1 Å². The van der Waals surface area contributed by atoms with Crippen LogP contribution in [0.25, 0.3) is 0 Å². The summed E-state index contributed by atoms with van der Waals surface area (Å²) in [6, 6.07) is 0. The molecule has 1 fully saturated rings. The highest BCUT2D eigenvalue weighted by molar-refractivity contribution is 5.98. The van der Waals surface area contributed by atoms with Gasteiger partial charge in [0.15, 0.2) is 5.78 Å². The molecule has 2 rings (SSSR count). The normalized spacial score (nSPS) is 35.7. The third-order valence-corrected chi connectivity index (χ3v) is 4.85. The predicted molar refractivity (Wildman–Crippen MR) is 69.1 cm³/mol. The fraction of sp³-hybridized carbons (Fsp3) is 0.600. The summed E-state index contributed by atoms with van der Waals surface area (Å²) in [5, 5.41) is 9.04. The summed E-state index contributed by atoms with van der Waals surface area (Å²) in [5.74, 6) is -0.291. The van der Waals surface area contributed by atoms with Crippen LogP contribution in [0.3, 0.4) is 0 Å². The third kappa shape index (κ3) is 1.92. The Labute approximate surface area is 108 Å². The number of fused-ring (bicyclic) bond motifs is 1. The number of hydrogen-bond acceptors (Lipinski definition) is 2. The van der Waals surface area contributed by atoms with Gasteiger partial charge in [0.1, 0.15) is 0 Å². The van der Waals surface area contributed by atoms with Crippen LogP contribution < -0.4 is 0 Å². The van der Waals surface area contributed by atoms with Crippen LogP contribution >= 0.6 is 0 Å². The highest BCUT2D eigenvalue weighted by Gasteiger charge is 2.45. The van der Waals surface area contributed by atoms with Crippen molar-refractivity contribution in [2.75, 3.05) is 0 Å². The van der Waals surface area contributed by atoms with Crippen molar-refractivity contribution in [3.05, 3.63) is 23.8 Å². The van der Waals surface area contributed by atoms with Crippen molar-refractivity contribution >= 4 is 11.8 Å². The number of rotatable bonds is 2. The number of carboxylic acids is 1. The molecule has 0 saturated heterocycles. The molecule has 2 aliphatic rings. The van der Waals surface area contributed by atoms with Gasteiger partial charge < -0.3 is 5.11 Å². The van der Waals surface area contributed by atoms with Crippen LogP contribution in [0.2, 0.25) is 0 Å². The summed E-state index contributed by atoms with van der Waals surface area (Å²) in [4.78, 5) is 23.0. The Morgan fingerprint density at radius 1 is 1.56 bits per heavy atom. The summed E-state index contributed by atoms with van der Waals surface area (Å²) in [7, 11) is 0. The van der Waals surface area contributed by atoms with E-state index in [2.05, 4.69) is 20.4 Å². The second-order valence-corrected chi connectivity index (χ2v) is 5.87. The number of carboxylic acid groups (broad SMARTS) is 1. The van der Waals surface area contributed by atoms with Gasteiger partial charge in [-0.3, -0.25) is 4.79 Å². The number of aliphatic carboxylic acids is 1. The first-order chi connectivity index (χ1) is 8.36. The summed E-state index contributed by atoms with van der Waals surface area (Å²) in [6.45, 7) is 7.93. The summed E-state index contributed by atoms with van der Waals surface area (Å²) in [6.07, 6.45) is 4.86. The lowest BCUT2D eigenvalue weighted by Crippen LogP contribution is -2.40. The molecule has 1 N–H and O–H groups in total. The average Bonchev–Trinajstić information content (AvgIpc) is 2.32. The molecule has 0 unspecified atom stereocenters. The number of carbonyl (C=O) groups is 2. The topological polar surface area (TPSA) is 54.4 Å². The number of carbonyl (C=O) groups excluding carboxylic acids is 1. The van der Waals surface area contributed by atoms with E-state index < -0.39 is 5.97 Å². The van der Waals surface area contributed by atoms with E-state index in [0.717, 1.165) is 18.4 Å². The lowest BCUT2D eigenvalue weighted by Gasteiger charge is -2.46. The van der Waals surface area contributed by atoms with Crippen molar-refractivity contribution in [1.29, 1.82) is 0 Å². The zero-order valence-corrected chi connectivity index (χ0v) is 11.0. The fourth-order valence-corrected chi connectivity index (χ4v) is 3.34. The molecule has 0 amide bonds. The largest absolute Gasteiger partial charge is 0.478 e. The fourth-order valence-electron chi connectivity index (χ4n) is 3.34. The number of Topliss-reactive ketones (excluding diaryl/α,β-unsaturated/α-hetero) is 1. The smallest absolute Gasteiger partial charge is 0.331 e. The van der Waals surface area contributed by atoms with Gasteiger partial charge in [-0.15, -0.1) is 0 Å². The van der Waals surface area contributed by atoms with Gasteiger partial charge >= 0.3 is 5.97 Å². The van der Waals surface area contributed by atoms with Crippen molar-refractivity contribution in [1.82, 2.24) is 0 Å². The van der Waals surface area contributed by atoms with Crippen molar-refractivity contribution < 1.29 is 14.7 Å². The summed E-state index contributed by atoms with van der Waals surface area (Å²) in [5.41, 5.74) is 1.03. The van der Waals surface area contributed by atoms with Crippen LogP contribution in [0.4, 0.5) is 0 Å². The van der Waals surface area contributed by atoms with Gasteiger partial charge in [-0.1, -0.05) is 26.5 Å². The number of allylic oxidation sites excluding steroid dienone is 2. The van der Waals surface area contributed by atoms with Crippen LogP contribution in [0.5, 0.6) is 0 Å². The molecule has 0 aromatic carbocycles. The molecule has 0 spiro atoms. The molecule has 0 aromatic rings. The first-order valence-corrected chi connectivity index (χ1v) is 6.52. The van der Waals surface area contributed by atoms with E-state index in [1.807, 2.05) is 6.08 Å². The highest BCUT2D eigenvalue weighted by atomic mass is 16.4. The minimum Gasteiger partial charge on any atom is -0.478 e. The Kier molecular flexibility index (Phi) is 3.18. The predicted octanol–water partition coefficient (Wildman–Crippen LogP) is 2.97. The van der Waals surface area contributed by atoms with Crippen molar-refractivity contribution in [2.45, 2.75) is 39.5 Å². The van der Waals surface area contributed by atoms with E-state index >= 15 is 0 Å². The van der Waals surface area contributed by atoms with Gasteiger partial charge in [-0.2, -0.15) is 0 Å². The van der Waals surface area contributed by atoms with E-state index in [9.17, 15) is 9.59 Å². The molecule has 98 valence electrons. The standard InChI is InChI=1S/C15H20O3/c1-9-4-7-13(16)12-6-5-11(8-15(9,12)3)10(2)14(17)18/h6,9,11H,2,4-5,7-8H2,1,3H3,(H,17,18)/t9-,11+,15+/m0/s1. The Balaban J connectivity index is 2.32. The van der Waals surface area contributed by atoms with Crippen molar-refractivity contribution in [3.63, 3.8) is 0 Å². The minimum atomic E-state index is -0.921. The highest BCUT2D eigenvalue weighted by Crippen LogP contribution is 2.51. The number of ketones is 1. The monoisotopic (exact) mass is 248 g/mol. The van der Waals surface area contributed by atoms with E-state index in [1.165, 1.54) is 0 Å². The van der Waals surface area contributed by atoms with E-state index in [1.54, 1.807) is 0 Å². The van der Waals surface area contributed by atoms with Gasteiger partial charge in [0.25, 0.3) is 0 Å². The quantitative estimate of drug-likeness (QED) is 0.764. The molecule has 1 saturated carbocycles. The Morgan fingerprint density at radius 3 is 2.83 bits per heavy atom. The zero-order chi connectivity index (χ0) is 13.5. The van der Waals surface area contributed by atoms with Crippen LogP contribution in [0, 0.1) is 17.3 Å². The van der Waals surface area contributed by atoms with E-state index in [4.69, 9.17) is 5.11 Å². The maximum Gasteiger partial charge on any atom is 0.331 e. The Hall–Kier alpha value is -1.38. The van der Waals surface area contributed by atoms with Gasteiger partial charge in [0.05, 0.1) is 0 Å². The molecule has 3 heteroatoms. The molecule has 3 nitrogen and oxygen atoms in total. The lowest BCUT2D eigenvalue weighted by atomic mass is 9.57. The first-order valence-electron chi connectivity index (χ1n) is 6.52. The molecule has 3 atom stereocenters. The van der Waals surface area contributed by atoms with Crippen LogP contribution in [-0.2, 0) is 9.59 Å². The second kappa shape index (κ2) is 4.38. The first kappa shape index (κ1) is 13.1. The van der Waals surface area contributed by atoms with E-state index in [-0.39, 0.29) is 22.7 Å². The van der Waals surface area contributed by atoms with Crippen molar-refractivity contribution in [3.8, 4) is 0 Å². The molecular formula is C15H20O3. The molecule has 0 aromatic heterocycles. The second-order valence-electron chi connectivity index (χ2n) is 5.87. The van der Waals surface area contributed by atoms with Gasteiger partial charge in [0, 0.05) is 12.0 Å². The summed E-state index contributed by atoms with van der Waals surface area (Å²) < 4.78 is 0. The third-order valence-electron chi connectivity index (χ3n) is 4.85. The van der Waals surface area contributed by atoms with Crippen molar-refractivity contribution in [2.24, 2.45) is 17.3 Å². The Morgan fingerprint density at radius 2 is 2.22 bits per heavy atom. The molecule has 0 heterocycles. The van der Waals surface area contributed by atoms with Crippen LogP contribution in [0.15, 0.2) is 23.8 Å². The maximum atomic E-state index is 12.0. The summed E-state index contributed by atoms with van der Waals surface area (Å²) >= 11 is 0. The average molecular weight is 248 g/mol. The molecule has 0 radical (unpaired) electrons. The minimum absolute atomic E-state index is 0.0374. The number of hydrogen-bond donors (Lipinski definition) is 1. The molecular weight excluding hydrogens is 228 g/mol. The van der Waals surface area contributed by atoms with Gasteiger partial charge in [0.2, 0.25) is 0 Å². The molecule has 2 aliphatic carbocycles. The van der Waals surface area contributed by atoms with Crippen LogP contribution in [0.1, 0.15) is 39.5 Å². The Bertz CT molecular complexity index is 447. The molecule has 0 aliphatic heterocycles. The zero-order valence-electron chi connectivity index (χ0n) is 11.0. The molecule has 0 bridgehead atoms. The maximum absolute atomic E-state index is 12.0. The van der Waals surface area contributed by atoms with E-state index in [0.29, 0.717) is 18.8 Å². The molecule has 18 heavy (non-hydrogen) atoms. The van der Waals surface area contributed by atoms with Crippen LogP contribution in [-0.4, -0.2) is 16.9 Å². The lowest BCUT2D eigenvalue weighted by molar-refractivity contribution is -0.133. The SMILES string of the molecule is C=C(C(=O)O)[C@@H]1CC=C2C(=O)CC[C@H](C)[C@@]2(C)C1. The van der Waals surface area contributed by atoms with Gasteiger partial charge in [-0.25, -0.2) is 4.79 Å².